The van der Waals surface area contributed by atoms with Crippen LogP contribution in [0.1, 0.15) is 46.7 Å². The van der Waals surface area contributed by atoms with E-state index in [4.69, 9.17) is 9.15 Å². The molecule has 0 saturated carbocycles. The van der Waals surface area contributed by atoms with E-state index in [-0.39, 0.29) is 17.4 Å². The van der Waals surface area contributed by atoms with Crippen LogP contribution >= 0.6 is 0 Å². The van der Waals surface area contributed by atoms with Crippen molar-refractivity contribution in [3.05, 3.63) is 77.6 Å². The average Bonchev–Trinajstić information content (AvgIpc) is 3.43. The lowest BCUT2D eigenvalue weighted by Crippen LogP contribution is -2.14. The molecule has 0 radical (unpaired) electrons. The fourth-order valence-corrected chi connectivity index (χ4v) is 6.46. The van der Waals surface area contributed by atoms with Gasteiger partial charge in [-0.15, -0.1) is 0 Å². The number of rotatable bonds is 7. The van der Waals surface area contributed by atoms with Gasteiger partial charge in [-0.05, 0) is 37.6 Å². The Balaban J connectivity index is 1.56. The van der Waals surface area contributed by atoms with Crippen molar-refractivity contribution in [2.75, 3.05) is 16.6 Å². The van der Waals surface area contributed by atoms with Crippen molar-refractivity contribution in [2.45, 2.75) is 31.6 Å². The first-order chi connectivity index (χ1) is 18.3. The fourth-order valence-electron chi connectivity index (χ4n) is 5.18. The summed E-state index contributed by atoms with van der Waals surface area (Å²) in [5, 5.41) is 5.57. The van der Waals surface area contributed by atoms with Crippen LogP contribution in [0, 0.1) is 0 Å². The number of ether oxygens (including phenoxy) is 1. The Labute approximate surface area is 218 Å². The molecule has 0 atom stereocenters. The Kier molecular flexibility index (Phi) is 5.61. The van der Waals surface area contributed by atoms with E-state index in [0.29, 0.717) is 67.2 Å². The second kappa shape index (κ2) is 8.88. The molecule has 5 aromatic rings. The molecule has 0 aliphatic carbocycles. The second-order valence-electron chi connectivity index (χ2n) is 9.12. The quantitative estimate of drug-likeness (QED) is 0.242. The molecule has 0 spiro atoms. The molecule has 192 valence electrons. The van der Waals surface area contributed by atoms with Gasteiger partial charge in [0.25, 0.3) is 15.9 Å². The highest BCUT2D eigenvalue weighted by Crippen LogP contribution is 2.40. The third-order valence-corrected chi connectivity index (χ3v) is 8.18. The number of anilines is 2. The molecule has 0 saturated heterocycles. The van der Waals surface area contributed by atoms with E-state index in [9.17, 15) is 18.0 Å². The van der Waals surface area contributed by atoms with Crippen LogP contribution in [0.2, 0.25) is 0 Å². The average molecular weight is 529 g/mol. The first kappa shape index (κ1) is 24.0. The standard InChI is InChI=1S/C29H24N2O6S/c1-3-8-23-26(29(33)36-4-2)20-15-22(16-9-5-6-10-17(16)27(20)37-23)31-38(34,35)24-14-13-21-25-18(24)11-7-12-19(25)28(32)30-21/h5-7,9-15,31H,3-4,8H2,1-2H3,(H,30,32). The summed E-state index contributed by atoms with van der Waals surface area (Å²) in [7, 11) is -4.11. The van der Waals surface area contributed by atoms with Crippen LogP contribution in [0.3, 0.4) is 0 Å². The number of amides is 1. The van der Waals surface area contributed by atoms with E-state index < -0.39 is 16.0 Å². The van der Waals surface area contributed by atoms with Crippen molar-refractivity contribution in [1.29, 1.82) is 0 Å². The Morgan fingerprint density at radius 1 is 0.974 bits per heavy atom. The summed E-state index contributed by atoms with van der Waals surface area (Å²) >= 11 is 0. The van der Waals surface area contributed by atoms with Crippen molar-refractivity contribution in [2.24, 2.45) is 0 Å². The summed E-state index contributed by atoms with van der Waals surface area (Å²) in [5.41, 5.74) is 2.13. The first-order valence-corrected chi connectivity index (χ1v) is 13.9. The Morgan fingerprint density at radius 2 is 1.74 bits per heavy atom. The van der Waals surface area contributed by atoms with E-state index in [1.54, 1.807) is 43.3 Å². The number of fused-ring (bicyclic) bond motifs is 3. The van der Waals surface area contributed by atoms with E-state index in [2.05, 4.69) is 10.0 Å². The number of carbonyl (C=O) groups excluding carboxylic acids is 2. The van der Waals surface area contributed by atoms with Gasteiger partial charge in [0.15, 0.2) is 0 Å². The van der Waals surface area contributed by atoms with Crippen molar-refractivity contribution >= 4 is 65.8 Å². The zero-order valence-electron chi connectivity index (χ0n) is 20.8. The van der Waals surface area contributed by atoms with Gasteiger partial charge in [-0.25, -0.2) is 13.2 Å². The summed E-state index contributed by atoms with van der Waals surface area (Å²) in [6.45, 7) is 3.92. The number of esters is 1. The third-order valence-electron chi connectivity index (χ3n) is 6.75. The van der Waals surface area contributed by atoms with Crippen molar-refractivity contribution in [3.8, 4) is 0 Å². The van der Waals surface area contributed by atoms with Crippen molar-refractivity contribution < 1.29 is 27.2 Å². The van der Waals surface area contributed by atoms with Gasteiger partial charge in [-0.3, -0.25) is 9.52 Å². The predicted octanol–water partition coefficient (Wildman–Crippen LogP) is 6.23. The van der Waals surface area contributed by atoms with Gasteiger partial charge in [0.2, 0.25) is 0 Å². The number of benzene rings is 4. The molecule has 0 fully saturated rings. The summed E-state index contributed by atoms with van der Waals surface area (Å²) in [4.78, 5) is 25.3. The first-order valence-electron chi connectivity index (χ1n) is 12.4. The molecule has 0 bridgehead atoms. The highest BCUT2D eigenvalue weighted by atomic mass is 32.2. The molecule has 9 heteroatoms. The van der Waals surface area contributed by atoms with Crippen LogP contribution in [0.25, 0.3) is 32.5 Å². The van der Waals surface area contributed by atoms with Crippen LogP contribution in [0.4, 0.5) is 11.4 Å². The zero-order chi connectivity index (χ0) is 26.6. The molecule has 1 amide bonds. The largest absolute Gasteiger partial charge is 0.462 e. The molecule has 1 aromatic heterocycles. The molecule has 2 heterocycles. The molecule has 4 aromatic carbocycles. The third kappa shape index (κ3) is 3.61. The predicted molar refractivity (Wildman–Crippen MR) is 146 cm³/mol. The van der Waals surface area contributed by atoms with Gasteiger partial charge >= 0.3 is 5.97 Å². The smallest absolute Gasteiger partial charge is 0.342 e. The molecule has 0 unspecified atom stereocenters. The molecule has 2 N–H and O–H groups in total. The van der Waals surface area contributed by atoms with Gasteiger partial charge in [-0.2, -0.15) is 0 Å². The maximum atomic E-state index is 13.8. The number of hydrogen-bond acceptors (Lipinski definition) is 6. The minimum absolute atomic E-state index is 0.0447. The highest BCUT2D eigenvalue weighted by Gasteiger charge is 2.28. The lowest BCUT2D eigenvalue weighted by Gasteiger charge is -2.14. The van der Waals surface area contributed by atoms with E-state index in [1.807, 2.05) is 25.1 Å². The molecule has 38 heavy (non-hydrogen) atoms. The van der Waals surface area contributed by atoms with Gasteiger partial charge in [0.05, 0.1) is 17.2 Å². The number of furan rings is 1. The number of nitrogens with one attached hydrogen (secondary N) is 2. The minimum Gasteiger partial charge on any atom is -0.462 e. The number of aryl methyl sites for hydroxylation is 1. The van der Waals surface area contributed by atoms with E-state index in [0.717, 1.165) is 6.42 Å². The number of sulfonamides is 1. The normalized spacial score (nSPS) is 12.8. The fraction of sp³-hybridized carbons (Fsp3) is 0.172. The maximum Gasteiger partial charge on any atom is 0.342 e. The van der Waals surface area contributed by atoms with Crippen LogP contribution in [0.5, 0.6) is 0 Å². The lowest BCUT2D eigenvalue weighted by molar-refractivity contribution is 0.0525. The zero-order valence-corrected chi connectivity index (χ0v) is 21.6. The molecule has 1 aliphatic heterocycles. The molecule has 8 nitrogen and oxygen atoms in total. The molecule has 1 aliphatic rings. The van der Waals surface area contributed by atoms with E-state index in [1.165, 1.54) is 6.07 Å². The van der Waals surface area contributed by atoms with Gasteiger partial charge in [0.1, 0.15) is 16.9 Å². The van der Waals surface area contributed by atoms with Crippen LogP contribution in [-0.4, -0.2) is 26.9 Å². The Bertz CT molecular complexity index is 1910. The highest BCUT2D eigenvalue weighted by molar-refractivity contribution is 7.93. The van der Waals surface area contributed by atoms with Crippen molar-refractivity contribution in [3.63, 3.8) is 0 Å². The molecule has 6 rings (SSSR count). The lowest BCUT2D eigenvalue weighted by atomic mass is 10.0. The molecular weight excluding hydrogens is 504 g/mol. The van der Waals surface area contributed by atoms with E-state index >= 15 is 0 Å². The van der Waals surface area contributed by atoms with Gasteiger partial charge < -0.3 is 14.5 Å². The van der Waals surface area contributed by atoms with Gasteiger partial charge in [0, 0.05) is 44.6 Å². The van der Waals surface area contributed by atoms with Gasteiger partial charge in [-0.1, -0.05) is 43.3 Å². The monoisotopic (exact) mass is 528 g/mol. The summed E-state index contributed by atoms with van der Waals surface area (Å²) in [6.07, 6.45) is 1.29. The minimum atomic E-state index is -4.11. The Hall–Kier alpha value is -4.37. The summed E-state index contributed by atoms with van der Waals surface area (Å²) in [5.74, 6) is -0.266. The SMILES string of the molecule is CCCc1oc2c(cc(NS(=O)(=O)c3ccc4c5c(cccc35)C(=O)N4)c3ccccc32)c1C(=O)OCC. The van der Waals surface area contributed by atoms with Crippen LogP contribution in [-0.2, 0) is 21.2 Å². The van der Waals surface area contributed by atoms with Crippen molar-refractivity contribution in [1.82, 2.24) is 0 Å². The van der Waals surface area contributed by atoms with Crippen LogP contribution < -0.4 is 10.0 Å². The van der Waals surface area contributed by atoms with Crippen LogP contribution in [0.15, 0.2) is 70.0 Å². The number of hydrogen-bond donors (Lipinski definition) is 2. The summed E-state index contributed by atoms with van der Waals surface area (Å²) < 4.78 is 41.9. The summed E-state index contributed by atoms with van der Waals surface area (Å²) in [6, 6.07) is 17.0. The maximum absolute atomic E-state index is 13.8. The molecular formula is C29H24N2O6S. The Morgan fingerprint density at radius 3 is 2.50 bits per heavy atom. The second-order valence-corrected chi connectivity index (χ2v) is 10.8. The number of carbonyl (C=O) groups is 2. The topological polar surface area (TPSA) is 115 Å².